The van der Waals surface area contributed by atoms with Gasteiger partial charge in [-0.1, -0.05) is 139 Å². The van der Waals surface area contributed by atoms with Crippen molar-refractivity contribution in [3.05, 3.63) is 173 Å². The molecule has 1 fully saturated rings. The van der Waals surface area contributed by atoms with Gasteiger partial charge < -0.3 is 28.4 Å². The Morgan fingerprint density at radius 1 is 0.593 bits per heavy atom. The molecule has 5 aromatic rings. The van der Waals surface area contributed by atoms with E-state index in [1.807, 2.05) is 128 Å². The number of methoxy groups -OCH3 is 1. The van der Waals surface area contributed by atoms with E-state index in [4.69, 9.17) is 32.6 Å². The maximum absolute atomic E-state index is 13.3. The highest BCUT2D eigenvalue weighted by atomic mass is 32.2. The van der Waals surface area contributed by atoms with Crippen molar-refractivity contribution in [1.82, 2.24) is 0 Å². The molecule has 6 rings (SSSR count). The molecular weight excluding hydrogens is 705 g/mol. The number of hydrogen-bond acceptors (Lipinski definition) is 9. The minimum Gasteiger partial charge on any atom is -0.374 e. The molecular formula is C44H48O9S. The molecule has 0 spiro atoms. The predicted octanol–water partition coefficient (Wildman–Crippen LogP) is 7.80. The number of rotatable bonds is 19. The first-order valence-corrected chi connectivity index (χ1v) is 19.5. The van der Waals surface area contributed by atoms with E-state index in [0.717, 1.165) is 27.8 Å². The van der Waals surface area contributed by atoms with Crippen molar-refractivity contribution in [3.8, 4) is 0 Å². The van der Waals surface area contributed by atoms with Crippen LogP contribution in [0.15, 0.2) is 150 Å². The summed E-state index contributed by atoms with van der Waals surface area (Å²) in [5.41, 5.74) is 4.80. The molecule has 0 radical (unpaired) electrons. The summed E-state index contributed by atoms with van der Waals surface area (Å²) >= 11 is 0. The van der Waals surface area contributed by atoms with Crippen LogP contribution in [0.3, 0.4) is 0 Å². The highest BCUT2D eigenvalue weighted by Gasteiger charge is 2.57. The van der Waals surface area contributed by atoms with E-state index in [-0.39, 0.29) is 44.4 Å². The van der Waals surface area contributed by atoms with Crippen LogP contribution in [0, 0.1) is 6.92 Å². The number of aryl methyl sites for hydroxylation is 1. The standard InChI is InChI=1S/C44H48O9S/c1-34-23-25-39(26-24-34)54(45,46)52-28-27-44(47-2)43(51-32-38-21-13-6-14-22-38)42(50-31-37-19-11-5-12-20-37)41(49-30-36-17-9-4-10-18-36)40(53-44)33-48-29-35-15-7-3-8-16-35/h3-26,40-43H,27-33H2,1-2H3/t40-,41-,42+,43-,44-/m1/s1. The minimum absolute atomic E-state index is 0.0141. The fourth-order valence-electron chi connectivity index (χ4n) is 6.45. The molecule has 0 bridgehead atoms. The first kappa shape index (κ1) is 39.5. The number of ether oxygens (including phenoxy) is 6. The zero-order chi connectivity index (χ0) is 37.6. The van der Waals surface area contributed by atoms with Crippen LogP contribution in [0.1, 0.15) is 34.2 Å². The van der Waals surface area contributed by atoms with Crippen LogP contribution in [-0.4, -0.2) is 58.9 Å². The van der Waals surface area contributed by atoms with Gasteiger partial charge in [0.05, 0.1) is 44.5 Å². The predicted molar refractivity (Wildman–Crippen MR) is 205 cm³/mol. The summed E-state index contributed by atoms with van der Waals surface area (Å²) < 4.78 is 72.1. The summed E-state index contributed by atoms with van der Waals surface area (Å²) in [6.45, 7) is 2.83. The second kappa shape index (κ2) is 19.4. The molecule has 5 atom stereocenters. The molecule has 284 valence electrons. The number of benzene rings is 5. The van der Waals surface area contributed by atoms with Gasteiger partial charge in [-0.05, 0) is 41.3 Å². The van der Waals surface area contributed by atoms with Crippen molar-refractivity contribution >= 4 is 10.1 Å². The lowest BCUT2D eigenvalue weighted by molar-refractivity contribution is -0.380. The summed E-state index contributed by atoms with van der Waals surface area (Å²) in [7, 11) is -2.56. The maximum Gasteiger partial charge on any atom is 0.296 e. The summed E-state index contributed by atoms with van der Waals surface area (Å²) in [5, 5.41) is 0. The van der Waals surface area contributed by atoms with Crippen molar-refractivity contribution in [2.45, 2.75) is 74.9 Å². The van der Waals surface area contributed by atoms with Gasteiger partial charge in [0, 0.05) is 13.5 Å². The molecule has 1 aliphatic heterocycles. The van der Waals surface area contributed by atoms with E-state index in [2.05, 4.69) is 0 Å². The number of hydrogen-bond donors (Lipinski definition) is 0. The van der Waals surface area contributed by atoms with Gasteiger partial charge in [-0.3, -0.25) is 4.18 Å². The average Bonchev–Trinajstić information content (AvgIpc) is 3.21. The van der Waals surface area contributed by atoms with Crippen LogP contribution in [0.4, 0.5) is 0 Å². The molecule has 0 amide bonds. The lowest BCUT2D eigenvalue weighted by Gasteiger charge is -2.52. The van der Waals surface area contributed by atoms with Crippen LogP contribution in [0.5, 0.6) is 0 Å². The van der Waals surface area contributed by atoms with Gasteiger partial charge >= 0.3 is 0 Å². The molecule has 5 aromatic carbocycles. The van der Waals surface area contributed by atoms with Crippen molar-refractivity contribution in [3.63, 3.8) is 0 Å². The fraction of sp³-hybridized carbons (Fsp3) is 0.318. The topological polar surface area (TPSA) is 98.8 Å². The van der Waals surface area contributed by atoms with E-state index in [0.29, 0.717) is 6.61 Å². The zero-order valence-electron chi connectivity index (χ0n) is 30.7. The molecule has 0 N–H and O–H groups in total. The molecule has 54 heavy (non-hydrogen) atoms. The van der Waals surface area contributed by atoms with Gasteiger partial charge in [0.25, 0.3) is 10.1 Å². The van der Waals surface area contributed by atoms with E-state index in [9.17, 15) is 8.42 Å². The monoisotopic (exact) mass is 752 g/mol. The smallest absolute Gasteiger partial charge is 0.296 e. The molecule has 10 heteroatoms. The van der Waals surface area contributed by atoms with Crippen LogP contribution in [-0.2, 0) is 69.1 Å². The van der Waals surface area contributed by atoms with E-state index in [1.54, 1.807) is 12.1 Å². The third kappa shape index (κ3) is 10.7. The first-order valence-electron chi connectivity index (χ1n) is 18.1. The highest BCUT2D eigenvalue weighted by Crippen LogP contribution is 2.40. The summed E-state index contributed by atoms with van der Waals surface area (Å²) in [5.74, 6) is -1.54. The summed E-state index contributed by atoms with van der Waals surface area (Å²) in [6.07, 6.45) is -3.08. The third-order valence-corrected chi connectivity index (χ3v) is 10.7. The second-order valence-corrected chi connectivity index (χ2v) is 14.9. The fourth-order valence-corrected chi connectivity index (χ4v) is 7.36. The van der Waals surface area contributed by atoms with Crippen molar-refractivity contribution in [2.75, 3.05) is 20.3 Å². The Balaban J connectivity index is 1.34. The summed E-state index contributed by atoms with van der Waals surface area (Å²) in [6, 6.07) is 45.9. The van der Waals surface area contributed by atoms with Gasteiger partial charge in [0.15, 0.2) is 5.79 Å². The molecule has 0 aliphatic carbocycles. The Morgan fingerprint density at radius 2 is 1.06 bits per heavy atom. The SMILES string of the molecule is CO[C@]1(CCOS(=O)(=O)c2ccc(C)cc2)O[C@H](COCc2ccccc2)[C@@H](OCc2ccccc2)[C@H](OCc2ccccc2)[C@H]1OCc1ccccc1. The van der Waals surface area contributed by atoms with E-state index in [1.165, 1.54) is 19.2 Å². The molecule has 1 heterocycles. The van der Waals surface area contributed by atoms with Crippen LogP contribution in [0.2, 0.25) is 0 Å². The molecule has 1 saturated heterocycles. The minimum atomic E-state index is -4.09. The van der Waals surface area contributed by atoms with Gasteiger partial charge in [-0.25, -0.2) is 0 Å². The van der Waals surface area contributed by atoms with Crippen LogP contribution < -0.4 is 0 Å². The molecule has 9 nitrogen and oxygen atoms in total. The normalized spacial score (nSPS) is 21.5. The zero-order valence-corrected chi connectivity index (χ0v) is 31.5. The molecule has 0 unspecified atom stereocenters. The lowest BCUT2D eigenvalue weighted by atomic mass is 9.89. The Kier molecular flexibility index (Phi) is 14.2. The molecule has 1 aliphatic rings. The maximum atomic E-state index is 13.3. The average molecular weight is 753 g/mol. The molecule has 0 aromatic heterocycles. The quantitative estimate of drug-likeness (QED) is 0.0783. The Labute approximate surface area is 318 Å². The third-order valence-electron chi connectivity index (χ3n) is 9.35. The van der Waals surface area contributed by atoms with Gasteiger partial charge in [-0.2, -0.15) is 8.42 Å². The summed E-state index contributed by atoms with van der Waals surface area (Å²) in [4.78, 5) is 0.0617. The van der Waals surface area contributed by atoms with Gasteiger partial charge in [0.1, 0.15) is 24.4 Å². The van der Waals surface area contributed by atoms with E-state index >= 15 is 0 Å². The highest BCUT2D eigenvalue weighted by molar-refractivity contribution is 7.86. The Hall–Kier alpha value is -4.23. The van der Waals surface area contributed by atoms with Crippen molar-refractivity contribution in [2.24, 2.45) is 0 Å². The second-order valence-electron chi connectivity index (χ2n) is 13.3. The van der Waals surface area contributed by atoms with Gasteiger partial charge in [0.2, 0.25) is 0 Å². The molecule has 0 saturated carbocycles. The largest absolute Gasteiger partial charge is 0.374 e. The van der Waals surface area contributed by atoms with Crippen LogP contribution in [0.25, 0.3) is 0 Å². The Bertz CT molecular complexity index is 1930. The van der Waals surface area contributed by atoms with Crippen molar-refractivity contribution in [1.29, 1.82) is 0 Å². The Morgan fingerprint density at radius 3 is 1.56 bits per heavy atom. The first-order chi connectivity index (χ1) is 26.3. The van der Waals surface area contributed by atoms with Crippen molar-refractivity contribution < 1.29 is 41.0 Å². The van der Waals surface area contributed by atoms with Crippen LogP contribution >= 0.6 is 0 Å². The van der Waals surface area contributed by atoms with Gasteiger partial charge in [-0.15, -0.1) is 0 Å². The lowest BCUT2D eigenvalue weighted by Crippen LogP contribution is -2.68. The van der Waals surface area contributed by atoms with E-state index < -0.39 is 40.3 Å².